The van der Waals surface area contributed by atoms with E-state index >= 15 is 0 Å². The van der Waals surface area contributed by atoms with Crippen LogP contribution in [0.4, 0.5) is 5.69 Å². The molecule has 0 aliphatic heterocycles. The van der Waals surface area contributed by atoms with E-state index in [1.165, 1.54) is 0 Å². The summed E-state index contributed by atoms with van der Waals surface area (Å²) in [5, 5.41) is 7.52. The number of hydrogen-bond acceptors (Lipinski definition) is 4. The summed E-state index contributed by atoms with van der Waals surface area (Å²) in [5.74, 6) is -1.15. The third-order valence-corrected chi connectivity index (χ3v) is 4.55. The minimum atomic E-state index is -0.611. The highest BCUT2D eigenvalue weighted by Crippen LogP contribution is 2.29. The van der Waals surface area contributed by atoms with Crippen LogP contribution in [0.15, 0.2) is 48.5 Å². The fourth-order valence-corrected chi connectivity index (χ4v) is 3.13. The standard InChI is InChI=1S/C20H17Cl2N3O3/c1-12-10-13(2)25(24-12)15-8-6-14(7-9-15)20(27)28-11-18(26)23-19-16(21)4-3-5-17(19)22/h3-10H,11H2,1-2H3,(H,23,26). The molecule has 8 heteroatoms. The summed E-state index contributed by atoms with van der Waals surface area (Å²) in [4.78, 5) is 24.2. The van der Waals surface area contributed by atoms with Crippen LogP contribution < -0.4 is 5.32 Å². The predicted octanol–water partition coefficient (Wildman–Crippen LogP) is 4.59. The largest absolute Gasteiger partial charge is 0.452 e. The average Bonchev–Trinajstić information content (AvgIpc) is 3.01. The van der Waals surface area contributed by atoms with Crippen molar-refractivity contribution in [2.45, 2.75) is 13.8 Å². The number of rotatable bonds is 5. The van der Waals surface area contributed by atoms with Gasteiger partial charge in [-0.15, -0.1) is 0 Å². The number of nitrogens with zero attached hydrogens (tertiary/aromatic N) is 2. The topological polar surface area (TPSA) is 73.2 Å². The van der Waals surface area contributed by atoms with Crippen LogP contribution in [0.2, 0.25) is 10.0 Å². The maximum atomic E-state index is 12.2. The van der Waals surface area contributed by atoms with Gasteiger partial charge in [-0.1, -0.05) is 29.3 Å². The molecular weight excluding hydrogens is 401 g/mol. The van der Waals surface area contributed by atoms with Gasteiger partial charge in [-0.3, -0.25) is 4.79 Å². The average molecular weight is 418 g/mol. The zero-order chi connectivity index (χ0) is 20.3. The fourth-order valence-electron chi connectivity index (χ4n) is 2.64. The summed E-state index contributed by atoms with van der Waals surface area (Å²) < 4.78 is 6.84. The number of anilines is 1. The second kappa shape index (κ2) is 8.46. The number of halogens is 2. The fraction of sp³-hybridized carbons (Fsp3) is 0.150. The van der Waals surface area contributed by atoms with E-state index in [1.807, 2.05) is 19.9 Å². The molecule has 0 aliphatic carbocycles. The van der Waals surface area contributed by atoms with E-state index < -0.39 is 18.5 Å². The van der Waals surface area contributed by atoms with E-state index in [0.717, 1.165) is 17.1 Å². The molecule has 1 N–H and O–H groups in total. The smallest absolute Gasteiger partial charge is 0.338 e. The van der Waals surface area contributed by atoms with Gasteiger partial charge in [-0.2, -0.15) is 5.10 Å². The molecule has 3 rings (SSSR count). The van der Waals surface area contributed by atoms with Gasteiger partial charge in [0.25, 0.3) is 5.91 Å². The lowest BCUT2D eigenvalue weighted by Gasteiger charge is -2.10. The van der Waals surface area contributed by atoms with Crippen LogP contribution >= 0.6 is 23.2 Å². The molecule has 0 atom stereocenters. The number of amides is 1. The summed E-state index contributed by atoms with van der Waals surface area (Å²) in [6, 6.07) is 13.6. The van der Waals surface area contributed by atoms with Crippen LogP contribution in [0, 0.1) is 13.8 Å². The Morgan fingerprint density at radius 2 is 1.71 bits per heavy atom. The maximum Gasteiger partial charge on any atom is 0.338 e. The Morgan fingerprint density at radius 1 is 1.07 bits per heavy atom. The summed E-state index contributed by atoms with van der Waals surface area (Å²) >= 11 is 12.0. The first-order chi connectivity index (χ1) is 13.3. The molecule has 6 nitrogen and oxygen atoms in total. The van der Waals surface area contributed by atoms with E-state index in [2.05, 4.69) is 10.4 Å². The van der Waals surface area contributed by atoms with Crippen molar-refractivity contribution < 1.29 is 14.3 Å². The molecule has 0 saturated heterocycles. The predicted molar refractivity (Wildman–Crippen MR) is 108 cm³/mol. The first-order valence-electron chi connectivity index (χ1n) is 8.40. The molecule has 144 valence electrons. The maximum absolute atomic E-state index is 12.2. The van der Waals surface area contributed by atoms with Crippen LogP contribution in [-0.4, -0.2) is 28.3 Å². The van der Waals surface area contributed by atoms with Crippen molar-refractivity contribution >= 4 is 40.8 Å². The molecular formula is C20H17Cl2N3O3. The first-order valence-corrected chi connectivity index (χ1v) is 9.15. The van der Waals surface area contributed by atoms with Gasteiger partial charge in [-0.05, 0) is 56.3 Å². The van der Waals surface area contributed by atoms with Crippen LogP contribution in [0.3, 0.4) is 0 Å². The number of nitrogens with one attached hydrogen (secondary N) is 1. The zero-order valence-electron chi connectivity index (χ0n) is 15.2. The second-order valence-electron chi connectivity index (χ2n) is 6.11. The van der Waals surface area contributed by atoms with Crippen LogP contribution in [-0.2, 0) is 9.53 Å². The summed E-state index contributed by atoms with van der Waals surface area (Å²) in [6.45, 7) is 3.40. The number of benzene rings is 2. The number of para-hydroxylation sites is 1. The summed E-state index contributed by atoms with van der Waals surface area (Å²) in [5.41, 5.74) is 3.33. The van der Waals surface area contributed by atoms with Gasteiger partial charge in [0.05, 0.1) is 32.7 Å². The van der Waals surface area contributed by atoms with Crippen molar-refractivity contribution in [2.75, 3.05) is 11.9 Å². The van der Waals surface area contributed by atoms with Crippen molar-refractivity contribution in [3.05, 3.63) is 75.5 Å². The second-order valence-corrected chi connectivity index (χ2v) is 6.92. The number of ether oxygens (including phenoxy) is 1. The molecule has 3 aromatic rings. The van der Waals surface area contributed by atoms with Crippen molar-refractivity contribution in [3.8, 4) is 5.69 Å². The molecule has 0 spiro atoms. The molecule has 1 amide bonds. The Morgan fingerprint density at radius 3 is 2.29 bits per heavy atom. The van der Waals surface area contributed by atoms with E-state index in [9.17, 15) is 9.59 Å². The van der Waals surface area contributed by atoms with Crippen molar-refractivity contribution in [1.29, 1.82) is 0 Å². The minimum absolute atomic E-state index is 0.279. The monoisotopic (exact) mass is 417 g/mol. The van der Waals surface area contributed by atoms with Crippen molar-refractivity contribution in [1.82, 2.24) is 9.78 Å². The van der Waals surface area contributed by atoms with Gasteiger partial charge in [0.1, 0.15) is 0 Å². The zero-order valence-corrected chi connectivity index (χ0v) is 16.7. The highest BCUT2D eigenvalue weighted by atomic mass is 35.5. The number of carbonyl (C=O) groups is 2. The highest BCUT2D eigenvalue weighted by Gasteiger charge is 2.14. The summed E-state index contributed by atoms with van der Waals surface area (Å²) in [6.07, 6.45) is 0. The van der Waals surface area contributed by atoms with Gasteiger partial charge in [0.15, 0.2) is 6.61 Å². The lowest BCUT2D eigenvalue weighted by molar-refractivity contribution is -0.119. The number of esters is 1. The van der Waals surface area contributed by atoms with Gasteiger partial charge in [-0.25, -0.2) is 9.48 Å². The molecule has 0 unspecified atom stereocenters. The Hall–Kier alpha value is -2.83. The first kappa shape index (κ1) is 19.9. The third kappa shape index (κ3) is 4.52. The van der Waals surface area contributed by atoms with Gasteiger partial charge in [0, 0.05) is 5.69 Å². The molecule has 2 aromatic carbocycles. The molecule has 0 bridgehead atoms. The molecule has 0 saturated carbocycles. The number of carbonyl (C=O) groups excluding carboxylic acids is 2. The molecule has 0 radical (unpaired) electrons. The van der Waals surface area contributed by atoms with Crippen molar-refractivity contribution in [2.24, 2.45) is 0 Å². The Kier molecular flexibility index (Phi) is 6.02. The molecule has 0 aliphatic rings. The number of aryl methyl sites for hydroxylation is 2. The quantitative estimate of drug-likeness (QED) is 0.615. The lowest BCUT2D eigenvalue weighted by Crippen LogP contribution is -2.21. The summed E-state index contributed by atoms with van der Waals surface area (Å²) in [7, 11) is 0. The van der Waals surface area contributed by atoms with E-state index in [4.69, 9.17) is 27.9 Å². The Labute approximate surface area is 172 Å². The van der Waals surface area contributed by atoms with Crippen LogP contribution in [0.1, 0.15) is 21.7 Å². The molecule has 1 heterocycles. The highest BCUT2D eigenvalue weighted by molar-refractivity contribution is 6.39. The van der Waals surface area contributed by atoms with Gasteiger partial charge >= 0.3 is 5.97 Å². The molecule has 28 heavy (non-hydrogen) atoms. The van der Waals surface area contributed by atoms with Gasteiger partial charge < -0.3 is 10.1 Å². The van der Waals surface area contributed by atoms with Crippen LogP contribution in [0.5, 0.6) is 0 Å². The van der Waals surface area contributed by atoms with E-state index in [-0.39, 0.29) is 5.69 Å². The van der Waals surface area contributed by atoms with Crippen molar-refractivity contribution in [3.63, 3.8) is 0 Å². The third-order valence-electron chi connectivity index (χ3n) is 3.92. The molecule has 1 aromatic heterocycles. The van der Waals surface area contributed by atoms with Crippen LogP contribution in [0.25, 0.3) is 5.69 Å². The SMILES string of the molecule is Cc1cc(C)n(-c2ccc(C(=O)OCC(=O)Nc3c(Cl)cccc3Cl)cc2)n1. The number of aromatic nitrogens is 2. The Bertz CT molecular complexity index is 1010. The normalized spacial score (nSPS) is 10.6. The van der Waals surface area contributed by atoms with Gasteiger partial charge in [0.2, 0.25) is 0 Å². The van der Waals surface area contributed by atoms with E-state index in [1.54, 1.807) is 47.1 Å². The number of hydrogen-bond donors (Lipinski definition) is 1. The minimum Gasteiger partial charge on any atom is -0.452 e. The molecule has 0 fully saturated rings. The van der Waals surface area contributed by atoms with E-state index in [0.29, 0.717) is 15.6 Å². The lowest BCUT2D eigenvalue weighted by atomic mass is 10.2. The Balaban J connectivity index is 1.60.